The standard InChI is InChI=1S/C28H27F3N2O5/c1-16-14-27(2,3)32-22-9-8-19(20-12-17(28(29,30)31)6-10-23(20)36-4)21(26(16)22)15-38-25-13-18(33(34)35)7-11-24(25)37-5/h6-14,32H,15H2,1-5H3. The third kappa shape index (κ3) is 5.25. The van der Waals surface area contributed by atoms with Gasteiger partial charge in [-0.3, -0.25) is 10.1 Å². The summed E-state index contributed by atoms with van der Waals surface area (Å²) in [4.78, 5) is 10.8. The number of nitro benzene ring substituents is 1. The number of hydrogen-bond acceptors (Lipinski definition) is 6. The SMILES string of the molecule is COc1ccc([N+](=O)[O-])cc1OCc1c(-c2cc(C(F)(F)F)ccc2OC)ccc2c1C(C)=CC(C)(C)N2. The maximum absolute atomic E-state index is 13.6. The Hall–Kier alpha value is -4.21. The Balaban J connectivity index is 1.92. The first kappa shape index (κ1) is 26.8. The van der Waals surface area contributed by atoms with Crippen LogP contribution in [0.15, 0.2) is 54.6 Å². The normalized spacial score (nSPS) is 14.2. The largest absolute Gasteiger partial charge is 0.496 e. The average molecular weight is 529 g/mol. The van der Waals surface area contributed by atoms with E-state index in [0.29, 0.717) is 11.1 Å². The Kier molecular flexibility index (Phi) is 7.01. The van der Waals surface area contributed by atoms with Crippen LogP contribution in [0.25, 0.3) is 16.7 Å². The first-order chi connectivity index (χ1) is 17.8. The average Bonchev–Trinajstić information content (AvgIpc) is 2.85. The van der Waals surface area contributed by atoms with Gasteiger partial charge in [-0.15, -0.1) is 0 Å². The number of ether oxygens (including phenoxy) is 3. The van der Waals surface area contributed by atoms with Crippen LogP contribution in [-0.4, -0.2) is 24.7 Å². The van der Waals surface area contributed by atoms with Crippen LogP contribution in [-0.2, 0) is 12.8 Å². The Morgan fingerprint density at radius 3 is 2.26 bits per heavy atom. The van der Waals surface area contributed by atoms with Crippen LogP contribution in [0.1, 0.15) is 37.5 Å². The van der Waals surface area contributed by atoms with Gasteiger partial charge in [0.1, 0.15) is 12.4 Å². The van der Waals surface area contributed by atoms with E-state index in [2.05, 4.69) is 5.32 Å². The number of anilines is 1. The van der Waals surface area contributed by atoms with Crippen LogP contribution < -0.4 is 19.5 Å². The van der Waals surface area contributed by atoms with Crippen LogP contribution in [0.5, 0.6) is 17.2 Å². The number of hydrogen-bond donors (Lipinski definition) is 1. The first-order valence-corrected chi connectivity index (χ1v) is 11.7. The molecule has 1 heterocycles. The van der Waals surface area contributed by atoms with E-state index in [-0.39, 0.29) is 40.6 Å². The van der Waals surface area contributed by atoms with Crippen molar-refractivity contribution in [3.8, 4) is 28.4 Å². The summed E-state index contributed by atoms with van der Waals surface area (Å²) in [6, 6.07) is 10.8. The van der Waals surface area contributed by atoms with Gasteiger partial charge < -0.3 is 19.5 Å². The minimum atomic E-state index is -4.55. The maximum atomic E-state index is 13.6. The molecule has 0 aliphatic carbocycles. The highest BCUT2D eigenvalue weighted by molar-refractivity contribution is 5.88. The van der Waals surface area contributed by atoms with Crippen LogP contribution in [0, 0.1) is 10.1 Å². The number of nitrogens with one attached hydrogen (secondary N) is 1. The van der Waals surface area contributed by atoms with Crippen LogP contribution in [0.2, 0.25) is 0 Å². The van der Waals surface area contributed by atoms with Gasteiger partial charge in [-0.2, -0.15) is 13.2 Å². The quantitative estimate of drug-likeness (QED) is 0.253. The Labute approximate surface area is 218 Å². The molecule has 0 spiro atoms. The number of allylic oxidation sites excluding steroid dienone is 1. The van der Waals surface area contributed by atoms with E-state index in [1.807, 2.05) is 32.9 Å². The Morgan fingerprint density at radius 1 is 0.947 bits per heavy atom. The summed E-state index contributed by atoms with van der Waals surface area (Å²) >= 11 is 0. The molecule has 3 aromatic rings. The Morgan fingerprint density at radius 2 is 1.63 bits per heavy atom. The number of nitrogens with zero attached hydrogens (tertiary/aromatic N) is 1. The summed E-state index contributed by atoms with van der Waals surface area (Å²) < 4.78 is 57.7. The lowest BCUT2D eigenvalue weighted by Gasteiger charge is -2.33. The number of nitro groups is 1. The summed E-state index contributed by atoms with van der Waals surface area (Å²) in [6.45, 7) is 5.83. The number of benzene rings is 3. The van der Waals surface area contributed by atoms with Crippen molar-refractivity contribution in [1.82, 2.24) is 0 Å². The molecule has 0 atom stereocenters. The number of alkyl halides is 3. The van der Waals surface area contributed by atoms with E-state index in [1.165, 1.54) is 38.5 Å². The zero-order valence-electron chi connectivity index (χ0n) is 21.5. The molecule has 3 aromatic carbocycles. The molecule has 10 heteroatoms. The second-order valence-corrected chi connectivity index (χ2v) is 9.48. The highest BCUT2D eigenvalue weighted by Gasteiger charge is 2.32. The molecule has 1 N–H and O–H groups in total. The van der Waals surface area contributed by atoms with Gasteiger partial charge in [0, 0.05) is 28.4 Å². The van der Waals surface area contributed by atoms with E-state index >= 15 is 0 Å². The van der Waals surface area contributed by atoms with E-state index in [0.717, 1.165) is 29.0 Å². The van der Waals surface area contributed by atoms with Crippen molar-refractivity contribution >= 4 is 16.9 Å². The van der Waals surface area contributed by atoms with Crippen molar-refractivity contribution in [1.29, 1.82) is 0 Å². The van der Waals surface area contributed by atoms with Crippen LogP contribution in [0.3, 0.4) is 0 Å². The van der Waals surface area contributed by atoms with Crippen molar-refractivity contribution < 1.29 is 32.3 Å². The zero-order chi connectivity index (χ0) is 27.8. The molecule has 0 fully saturated rings. The number of non-ortho nitro benzene ring substituents is 1. The summed E-state index contributed by atoms with van der Waals surface area (Å²) in [7, 11) is 2.81. The van der Waals surface area contributed by atoms with Crippen molar-refractivity contribution in [2.24, 2.45) is 0 Å². The molecule has 0 amide bonds. The van der Waals surface area contributed by atoms with Crippen molar-refractivity contribution in [3.63, 3.8) is 0 Å². The highest BCUT2D eigenvalue weighted by Crippen LogP contribution is 2.45. The predicted octanol–water partition coefficient (Wildman–Crippen LogP) is 7.48. The molecule has 38 heavy (non-hydrogen) atoms. The van der Waals surface area contributed by atoms with Gasteiger partial charge in [0.2, 0.25) is 0 Å². The fourth-order valence-corrected chi connectivity index (χ4v) is 4.74. The van der Waals surface area contributed by atoms with E-state index in [9.17, 15) is 23.3 Å². The minimum absolute atomic E-state index is 0.108. The molecule has 4 rings (SSSR count). The third-order valence-corrected chi connectivity index (χ3v) is 6.29. The van der Waals surface area contributed by atoms with E-state index in [4.69, 9.17) is 14.2 Å². The second kappa shape index (κ2) is 9.92. The monoisotopic (exact) mass is 528 g/mol. The third-order valence-electron chi connectivity index (χ3n) is 6.29. The zero-order valence-corrected chi connectivity index (χ0v) is 21.5. The van der Waals surface area contributed by atoms with Crippen LogP contribution >= 0.6 is 0 Å². The Bertz CT molecular complexity index is 1430. The van der Waals surface area contributed by atoms with E-state index < -0.39 is 16.7 Å². The van der Waals surface area contributed by atoms with Gasteiger partial charge in [0.05, 0.1) is 36.3 Å². The lowest BCUT2D eigenvalue weighted by molar-refractivity contribution is -0.385. The molecular weight excluding hydrogens is 501 g/mol. The number of methoxy groups -OCH3 is 2. The molecular formula is C28H27F3N2O5. The fourth-order valence-electron chi connectivity index (χ4n) is 4.74. The first-order valence-electron chi connectivity index (χ1n) is 11.7. The maximum Gasteiger partial charge on any atom is 0.416 e. The topological polar surface area (TPSA) is 82.9 Å². The van der Waals surface area contributed by atoms with E-state index in [1.54, 1.807) is 6.07 Å². The molecule has 1 aliphatic rings. The van der Waals surface area contributed by atoms with Gasteiger partial charge in [-0.25, -0.2) is 0 Å². The van der Waals surface area contributed by atoms with Gasteiger partial charge in [-0.1, -0.05) is 12.1 Å². The smallest absolute Gasteiger partial charge is 0.416 e. The van der Waals surface area contributed by atoms with Crippen molar-refractivity contribution in [3.05, 3.63) is 81.4 Å². The molecule has 1 aliphatic heterocycles. The molecule has 0 saturated heterocycles. The highest BCUT2D eigenvalue weighted by atomic mass is 19.4. The number of fused-ring (bicyclic) bond motifs is 1. The molecule has 7 nitrogen and oxygen atoms in total. The molecule has 0 unspecified atom stereocenters. The molecule has 0 bridgehead atoms. The summed E-state index contributed by atoms with van der Waals surface area (Å²) in [5, 5.41) is 14.8. The molecule has 200 valence electrons. The van der Waals surface area contributed by atoms with Crippen molar-refractivity contribution in [2.75, 3.05) is 19.5 Å². The predicted molar refractivity (Wildman–Crippen MR) is 139 cm³/mol. The summed E-state index contributed by atoms with van der Waals surface area (Å²) in [6.07, 6.45) is -2.52. The second-order valence-electron chi connectivity index (χ2n) is 9.48. The minimum Gasteiger partial charge on any atom is -0.496 e. The summed E-state index contributed by atoms with van der Waals surface area (Å²) in [5.41, 5.74) is 2.41. The fraction of sp³-hybridized carbons (Fsp3) is 0.286. The van der Waals surface area contributed by atoms with Crippen LogP contribution in [0.4, 0.5) is 24.5 Å². The van der Waals surface area contributed by atoms with Gasteiger partial charge in [0.15, 0.2) is 11.5 Å². The lowest BCUT2D eigenvalue weighted by Crippen LogP contribution is -2.32. The van der Waals surface area contributed by atoms with Gasteiger partial charge in [0.25, 0.3) is 5.69 Å². The molecule has 0 saturated carbocycles. The molecule has 0 aromatic heterocycles. The van der Waals surface area contributed by atoms with Gasteiger partial charge >= 0.3 is 6.18 Å². The molecule has 0 radical (unpaired) electrons. The number of halogens is 3. The lowest BCUT2D eigenvalue weighted by atomic mass is 9.85. The number of rotatable bonds is 7. The van der Waals surface area contributed by atoms with Gasteiger partial charge in [-0.05, 0) is 62.2 Å². The van der Waals surface area contributed by atoms with Crippen molar-refractivity contribution in [2.45, 2.75) is 39.1 Å². The summed E-state index contributed by atoms with van der Waals surface area (Å²) in [5.74, 6) is 0.676.